The van der Waals surface area contributed by atoms with Crippen molar-refractivity contribution < 1.29 is 9.53 Å². The van der Waals surface area contributed by atoms with Gasteiger partial charge in [0.1, 0.15) is 0 Å². The number of carbonyl (C=O) groups excluding carboxylic acids is 1. The smallest absolute Gasteiger partial charge is 0.233 e. The summed E-state index contributed by atoms with van der Waals surface area (Å²) in [5.41, 5.74) is 4.82. The molecular weight excluding hydrogens is 446 g/mol. The normalized spacial score (nSPS) is 17.9. The van der Waals surface area contributed by atoms with Gasteiger partial charge in [-0.15, -0.1) is 10.2 Å². The quantitative estimate of drug-likeness (QED) is 0.500. The van der Waals surface area contributed by atoms with E-state index in [0.717, 1.165) is 49.1 Å². The number of nitrogens with zero attached hydrogens (tertiary/aromatic N) is 5. The molecule has 0 N–H and O–H groups in total. The van der Waals surface area contributed by atoms with Crippen LogP contribution in [0.4, 0.5) is 5.95 Å². The molecule has 0 spiro atoms. The summed E-state index contributed by atoms with van der Waals surface area (Å²) in [5, 5.41) is 9.76. The summed E-state index contributed by atoms with van der Waals surface area (Å²) in [6, 6.07) is 17.0. The fraction of sp³-hybridized carbons (Fsp3) is 0.423. The summed E-state index contributed by atoms with van der Waals surface area (Å²) in [5.74, 6) is 1.24. The number of thioether (sulfide) groups is 1. The highest BCUT2D eigenvalue weighted by Gasteiger charge is 2.27. The predicted molar refractivity (Wildman–Crippen MR) is 135 cm³/mol. The van der Waals surface area contributed by atoms with Crippen molar-refractivity contribution in [2.75, 3.05) is 44.0 Å². The molecule has 1 amide bonds. The average Bonchev–Trinajstić information content (AvgIpc) is 3.31. The fourth-order valence-corrected chi connectivity index (χ4v) is 5.72. The second kappa shape index (κ2) is 10.2. The molecule has 5 rings (SSSR count). The molecule has 34 heavy (non-hydrogen) atoms. The lowest BCUT2D eigenvalue weighted by atomic mass is 9.87. The molecule has 1 saturated heterocycles. The van der Waals surface area contributed by atoms with Crippen LogP contribution in [0.2, 0.25) is 0 Å². The molecule has 1 fully saturated rings. The molecule has 1 aliphatic carbocycles. The van der Waals surface area contributed by atoms with Crippen LogP contribution < -0.4 is 4.90 Å². The highest BCUT2D eigenvalue weighted by atomic mass is 32.2. The largest absolute Gasteiger partial charge is 0.378 e. The molecule has 0 radical (unpaired) electrons. The van der Waals surface area contributed by atoms with Crippen LogP contribution in [0.3, 0.4) is 0 Å². The summed E-state index contributed by atoms with van der Waals surface area (Å²) < 4.78 is 7.60. The maximum Gasteiger partial charge on any atom is 0.233 e. The first kappa shape index (κ1) is 22.9. The van der Waals surface area contributed by atoms with Gasteiger partial charge in [0.05, 0.1) is 30.7 Å². The van der Waals surface area contributed by atoms with Crippen molar-refractivity contribution in [3.05, 3.63) is 65.2 Å². The third-order valence-corrected chi connectivity index (χ3v) is 7.61. The average molecular weight is 478 g/mol. The van der Waals surface area contributed by atoms with Gasteiger partial charge >= 0.3 is 0 Å². The molecule has 2 heterocycles. The molecule has 1 aliphatic heterocycles. The predicted octanol–water partition coefficient (Wildman–Crippen LogP) is 4.04. The number of hydrogen-bond donors (Lipinski definition) is 0. The molecule has 0 saturated carbocycles. The number of fused-ring (bicyclic) bond motifs is 1. The van der Waals surface area contributed by atoms with E-state index in [1.165, 1.54) is 28.5 Å². The lowest BCUT2D eigenvalue weighted by Crippen LogP contribution is -2.38. The second-order valence-electron chi connectivity index (χ2n) is 8.96. The summed E-state index contributed by atoms with van der Waals surface area (Å²) in [6.45, 7) is 4.98. The number of anilines is 1. The lowest BCUT2D eigenvalue weighted by Gasteiger charge is -2.33. The number of hydrogen-bond acceptors (Lipinski definition) is 6. The first-order chi connectivity index (χ1) is 16.6. The van der Waals surface area contributed by atoms with Crippen molar-refractivity contribution >= 4 is 23.6 Å². The highest BCUT2D eigenvalue weighted by molar-refractivity contribution is 7.99. The summed E-state index contributed by atoms with van der Waals surface area (Å²) in [4.78, 5) is 17.4. The molecule has 3 aromatic rings. The minimum Gasteiger partial charge on any atom is -0.378 e. The number of aromatic nitrogens is 3. The van der Waals surface area contributed by atoms with Crippen LogP contribution in [-0.2, 0) is 16.0 Å². The summed E-state index contributed by atoms with van der Waals surface area (Å²) in [6.07, 6.45) is 3.20. The number of benzene rings is 2. The van der Waals surface area contributed by atoms with Crippen LogP contribution in [0.15, 0.2) is 53.7 Å². The van der Waals surface area contributed by atoms with Crippen molar-refractivity contribution in [2.24, 2.45) is 0 Å². The first-order valence-electron chi connectivity index (χ1n) is 11.9. The van der Waals surface area contributed by atoms with Crippen LogP contribution >= 0.6 is 11.8 Å². The number of rotatable bonds is 6. The second-order valence-corrected chi connectivity index (χ2v) is 9.90. The van der Waals surface area contributed by atoms with Gasteiger partial charge in [0.25, 0.3) is 0 Å². The van der Waals surface area contributed by atoms with Crippen molar-refractivity contribution in [3.63, 3.8) is 0 Å². The molecular formula is C26H31N5O2S. The first-order valence-corrected chi connectivity index (χ1v) is 12.9. The maximum absolute atomic E-state index is 13.3. The molecule has 8 heteroatoms. The number of carbonyl (C=O) groups is 1. The molecule has 1 aromatic heterocycles. The Morgan fingerprint density at radius 1 is 1.15 bits per heavy atom. The van der Waals surface area contributed by atoms with E-state index in [9.17, 15) is 4.79 Å². The van der Waals surface area contributed by atoms with Gasteiger partial charge in [-0.25, -0.2) is 0 Å². The van der Waals surface area contributed by atoms with Crippen molar-refractivity contribution in [3.8, 4) is 5.69 Å². The van der Waals surface area contributed by atoms with E-state index in [4.69, 9.17) is 4.74 Å². The Kier molecular flexibility index (Phi) is 6.87. The van der Waals surface area contributed by atoms with Gasteiger partial charge in [0, 0.05) is 20.1 Å². The van der Waals surface area contributed by atoms with Gasteiger partial charge in [0.15, 0.2) is 5.16 Å². The van der Waals surface area contributed by atoms with Crippen molar-refractivity contribution in [1.29, 1.82) is 0 Å². The molecule has 2 aromatic carbocycles. The molecule has 2 aliphatic rings. The van der Waals surface area contributed by atoms with Crippen LogP contribution in [-0.4, -0.2) is 64.7 Å². The van der Waals surface area contributed by atoms with Gasteiger partial charge in [-0.1, -0.05) is 48.2 Å². The number of aryl methyl sites for hydroxylation is 2. The van der Waals surface area contributed by atoms with Crippen molar-refractivity contribution in [2.45, 2.75) is 37.4 Å². The third-order valence-electron chi connectivity index (χ3n) is 6.69. The highest BCUT2D eigenvalue weighted by Crippen LogP contribution is 2.34. The maximum atomic E-state index is 13.3. The van der Waals surface area contributed by atoms with Crippen molar-refractivity contribution in [1.82, 2.24) is 19.7 Å². The molecule has 178 valence electrons. The van der Waals surface area contributed by atoms with Gasteiger partial charge in [0.2, 0.25) is 11.9 Å². The minimum absolute atomic E-state index is 0.110. The molecule has 0 bridgehead atoms. The third kappa shape index (κ3) is 4.70. The van der Waals surface area contributed by atoms with E-state index >= 15 is 0 Å². The molecule has 1 unspecified atom stereocenters. The zero-order chi connectivity index (χ0) is 23.5. The zero-order valence-corrected chi connectivity index (χ0v) is 20.6. The molecule has 7 nitrogen and oxygen atoms in total. The zero-order valence-electron chi connectivity index (χ0n) is 19.8. The van der Waals surface area contributed by atoms with Crippen LogP contribution in [0.25, 0.3) is 5.69 Å². The fourth-order valence-electron chi connectivity index (χ4n) is 4.85. The Morgan fingerprint density at radius 2 is 1.97 bits per heavy atom. The summed E-state index contributed by atoms with van der Waals surface area (Å²) >= 11 is 1.45. The Balaban J connectivity index is 1.36. The Bertz CT molecular complexity index is 1160. The van der Waals surface area contributed by atoms with Crippen LogP contribution in [0.5, 0.6) is 0 Å². The van der Waals surface area contributed by atoms with E-state index in [2.05, 4.69) is 69.1 Å². The van der Waals surface area contributed by atoms with E-state index in [-0.39, 0.29) is 11.9 Å². The SMILES string of the molecule is Cc1cccc(-n2c(SCC(=O)N(C)C3CCCc4ccccc43)nnc2N2CCOCC2)c1. The number of ether oxygens (including phenoxy) is 1. The monoisotopic (exact) mass is 477 g/mol. The van der Waals surface area contributed by atoms with Gasteiger partial charge in [-0.2, -0.15) is 0 Å². The Labute approximate surface area is 205 Å². The van der Waals surface area contributed by atoms with E-state index in [0.29, 0.717) is 19.0 Å². The van der Waals surface area contributed by atoms with Crippen LogP contribution in [0, 0.1) is 6.92 Å². The van der Waals surface area contributed by atoms with E-state index in [1.54, 1.807) is 0 Å². The standard InChI is InChI=1S/C26H31N5O2S/c1-19-7-5-10-21(17-19)31-25(30-13-15-33-16-14-30)27-28-26(31)34-18-24(32)29(2)23-12-6-9-20-8-3-4-11-22(20)23/h3-5,7-8,10-11,17,23H,6,9,12-16,18H2,1-2H3. The Morgan fingerprint density at radius 3 is 2.79 bits per heavy atom. The van der Waals surface area contributed by atoms with E-state index < -0.39 is 0 Å². The molecule has 1 atom stereocenters. The summed E-state index contributed by atoms with van der Waals surface area (Å²) in [7, 11) is 1.93. The Hall–Kier alpha value is -2.84. The lowest BCUT2D eigenvalue weighted by molar-refractivity contribution is -0.129. The number of morpholine rings is 1. The van der Waals surface area contributed by atoms with Crippen LogP contribution in [0.1, 0.15) is 35.6 Å². The topological polar surface area (TPSA) is 63.5 Å². The van der Waals surface area contributed by atoms with Gasteiger partial charge < -0.3 is 14.5 Å². The number of amides is 1. The minimum atomic E-state index is 0.110. The van der Waals surface area contributed by atoms with Gasteiger partial charge in [-0.3, -0.25) is 9.36 Å². The van der Waals surface area contributed by atoms with Gasteiger partial charge in [-0.05, 0) is 55.0 Å². The van der Waals surface area contributed by atoms with E-state index in [1.807, 2.05) is 18.0 Å².